The summed E-state index contributed by atoms with van der Waals surface area (Å²) in [6, 6.07) is 19.9. The van der Waals surface area contributed by atoms with Crippen LogP contribution < -0.4 is 14.5 Å². The van der Waals surface area contributed by atoms with Crippen molar-refractivity contribution in [1.29, 1.82) is 0 Å². The van der Waals surface area contributed by atoms with Gasteiger partial charge in [0.2, 0.25) is 0 Å². The van der Waals surface area contributed by atoms with E-state index in [1.807, 2.05) is 6.92 Å². The summed E-state index contributed by atoms with van der Waals surface area (Å²) in [5.74, 6) is -0.191. The first-order valence-corrected chi connectivity index (χ1v) is 14.7. The number of halogens is 1. The fraction of sp³-hybridized carbons (Fsp3) is 0.250. The van der Waals surface area contributed by atoms with Crippen LogP contribution in [0.2, 0.25) is 0 Å². The molecule has 0 atom stereocenters. The summed E-state index contributed by atoms with van der Waals surface area (Å²) < 4.78 is 39.5. The number of nitrogens with zero attached hydrogens (tertiary/aromatic N) is 3. The highest BCUT2D eigenvalue weighted by atomic mass is 79.9. The van der Waals surface area contributed by atoms with E-state index in [2.05, 4.69) is 26.5 Å². The van der Waals surface area contributed by atoms with Crippen LogP contribution in [0, 0.1) is 6.92 Å². The van der Waals surface area contributed by atoms with Gasteiger partial charge in [-0.05, 0) is 73.2 Å². The number of hydrogen-bond donors (Lipinski definition) is 1. The highest BCUT2D eigenvalue weighted by Crippen LogP contribution is 2.25. The van der Waals surface area contributed by atoms with Gasteiger partial charge in [-0.2, -0.15) is 5.10 Å². The van der Waals surface area contributed by atoms with Crippen molar-refractivity contribution in [2.24, 2.45) is 5.10 Å². The van der Waals surface area contributed by atoms with Crippen molar-refractivity contribution in [3.63, 3.8) is 0 Å². The molecule has 1 fully saturated rings. The highest BCUT2D eigenvalue weighted by molar-refractivity contribution is 9.10. The van der Waals surface area contributed by atoms with Crippen LogP contribution in [0.15, 0.2) is 87.3 Å². The molecule has 3 aromatic carbocycles. The summed E-state index contributed by atoms with van der Waals surface area (Å²) >= 11 is 3.35. The number of hydrazone groups is 1. The van der Waals surface area contributed by atoms with Crippen molar-refractivity contribution in [2.75, 3.05) is 43.8 Å². The summed E-state index contributed by atoms with van der Waals surface area (Å²) in [5, 5.41) is 3.97. The van der Waals surface area contributed by atoms with Gasteiger partial charge in [-0.1, -0.05) is 33.6 Å². The molecule has 0 saturated carbocycles. The van der Waals surface area contributed by atoms with Gasteiger partial charge in [0.15, 0.2) is 6.61 Å². The molecule has 1 aliphatic heterocycles. The number of sulfonamides is 1. The van der Waals surface area contributed by atoms with Crippen LogP contribution in [-0.4, -0.2) is 70.8 Å². The molecule has 1 N–H and O–H groups in total. The molecule has 2 amide bonds. The van der Waals surface area contributed by atoms with Crippen LogP contribution in [0.3, 0.4) is 0 Å². The average molecular weight is 630 g/mol. The van der Waals surface area contributed by atoms with Crippen molar-refractivity contribution in [3.8, 4) is 5.75 Å². The predicted octanol–water partition coefficient (Wildman–Crippen LogP) is 3.34. The van der Waals surface area contributed by atoms with Crippen molar-refractivity contribution in [2.45, 2.75) is 11.8 Å². The molecule has 1 aliphatic rings. The lowest BCUT2D eigenvalue weighted by atomic mass is 10.2. The number of rotatable bonds is 10. The minimum Gasteiger partial charge on any atom is -0.484 e. The SMILES string of the molecule is Cc1ccc(S(=O)(=O)N(CC(=O)N/N=C/c2ccc(OCC(=O)N3CCOCC3)cc2)c2ccc(Br)cc2)cc1. The van der Waals surface area contributed by atoms with Crippen LogP contribution in [0.25, 0.3) is 0 Å². The maximum absolute atomic E-state index is 13.4. The van der Waals surface area contributed by atoms with E-state index < -0.39 is 22.5 Å². The average Bonchev–Trinajstić information content (AvgIpc) is 2.96. The molecule has 1 saturated heterocycles. The van der Waals surface area contributed by atoms with Gasteiger partial charge in [-0.3, -0.25) is 13.9 Å². The smallest absolute Gasteiger partial charge is 0.264 e. The molecule has 12 heteroatoms. The molecule has 4 rings (SSSR count). The van der Waals surface area contributed by atoms with E-state index in [0.29, 0.717) is 43.3 Å². The monoisotopic (exact) mass is 628 g/mol. The Labute approximate surface area is 241 Å². The van der Waals surface area contributed by atoms with Gasteiger partial charge >= 0.3 is 0 Å². The molecule has 0 aromatic heterocycles. The van der Waals surface area contributed by atoms with E-state index >= 15 is 0 Å². The van der Waals surface area contributed by atoms with E-state index in [9.17, 15) is 18.0 Å². The standard InChI is InChI=1S/C28H29BrN4O6S/c1-21-2-12-26(13-3-21)40(36,37)33(24-8-6-23(29)7-9-24)19-27(34)31-30-18-22-4-10-25(11-5-22)39-20-28(35)32-14-16-38-17-15-32/h2-13,18H,14-17,19-20H2,1H3,(H,31,34)/b30-18+. The van der Waals surface area contributed by atoms with Gasteiger partial charge in [-0.15, -0.1) is 0 Å². The largest absolute Gasteiger partial charge is 0.484 e. The van der Waals surface area contributed by atoms with Crippen LogP contribution in [-0.2, 0) is 24.3 Å². The zero-order valence-corrected chi connectivity index (χ0v) is 24.2. The molecular weight excluding hydrogens is 600 g/mol. The van der Waals surface area contributed by atoms with E-state index in [1.54, 1.807) is 65.6 Å². The topological polar surface area (TPSA) is 118 Å². The number of anilines is 1. The Kier molecular flexibility index (Phi) is 9.91. The molecular formula is C28H29BrN4O6S. The summed E-state index contributed by atoms with van der Waals surface area (Å²) in [4.78, 5) is 26.7. The third-order valence-corrected chi connectivity index (χ3v) is 8.34. The Bertz CT molecular complexity index is 1440. The zero-order chi connectivity index (χ0) is 28.5. The van der Waals surface area contributed by atoms with E-state index in [1.165, 1.54) is 18.3 Å². The Morgan fingerprint density at radius 1 is 1.02 bits per heavy atom. The summed E-state index contributed by atoms with van der Waals surface area (Å²) in [7, 11) is -4.02. The normalized spacial score (nSPS) is 13.7. The second kappa shape index (κ2) is 13.6. The molecule has 3 aromatic rings. The van der Waals surface area contributed by atoms with Crippen LogP contribution in [0.1, 0.15) is 11.1 Å². The molecule has 0 spiro atoms. The van der Waals surface area contributed by atoms with E-state index in [-0.39, 0.29) is 17.4 Å². The van der Waals surface area contributed by atoms with Crippen LogP contribution >= 0.6 is 15.9 Å². The number of aryl methyl sites for hydroxylation is 1. The maximum atomic E-state index is 13.4. The zero-order valence-electron chi connectivity index (χ0n) is 21.8. The number of amides is 2. The molecule has 40 heavy (non-hydrogen) atoms. The molecule has 0 aliphatic carbocycles. The maximum Gasteiger partial charge on any atom is 0.264 e. The summed E-state index contributed by atoms with van der Waals surface area (Å²) in [6.45, 7) is 3.50. The summed E-state index contributed by atoms with van der Waals surface area (Å²) in [5.41, 5.74) is 4.32. The Morgan fingerprint density at radius 3 is 2.33 bits per heavy atom. The first kappa shape index (κ1) is 29.2. The molecule has 10 nitrogen and oxygen atoms in total. The number of carbonyl (C=O) groups excluding carboxylic acids is 2. The number of hydrogen-bond acceptors (Lipinski definition) is 7. The quantitative estimate of drug-likeness (QED) is 0.272. The van der Waals surface area contributed by atoms with Crippen molar-refractivity contribution in [1.82, 2.24) is 10.3 Å². The van der Waals surface area contributed by atoms with Crippen molar-refractivity contribution in [3.05, 3.63) is 88.4 Å². The fourth-order valence-corrected chi connectivity index (χ4v) is 5.49. The van der Waals surface area contributed by atoms with Crippen LogP contribution in [0.5, 0.6) is 5.75 Å². The lowest BCUT2D eigenvalue weighted by Crippen LogP contribution is -2.42. The third kappa shape index (κ3) is 7.90. The molecule has 210 valence electrons. The van der Waals surface area contributed by atoms with E-state index in [4.69, 9.17) is 9.47 Å². The van der Waals surface area contributed by atoms with Gasteiger partial charge in [0.25, 0.3) is 21.8 Å². The summed E-state index contributed by atoms with van der Waals surface area (Å²) in [6.07, 6.45) is 1.43. The Balaban J connectivity index is 1.36. The first-order valence-electron chi connectivity index (χ1n) is 12.5. The lowest BCUT2D eigenvalue weighted by Gasteiger charge is -2.26. The minimum atomic E-state index is -4.02. The number of ether oxygens (including phenoxy) is 2. The number of carbonyl (C=O) groups is 2. The fourth-order valence-electron chi connectivity index (χ4n) is 3.80. The second-order valence-electron chi connectivity index (χ2n) is 8.95. The number of morpholine rings is 1. The molecule has 0 bridgehead atoms. The van der Waals surface area contributed by atoms with E-state index in [0.717, 1.165) is 14.3 Å². The van der Waals surface area contributed by atoms with Crippen molar-refractivity contribution < 1.29 is 27.5 Å². The number of nitrogens with one attached hydrogen (secondary N) is 1. The lowest BCUT2D eigenvalue weighted by molar-refractivity contribution is -0.137. The van der Waals surface area contributed by atoms with Gasteiger partial charge < -0.3 is 14.4 Å². The molecule has 0 unspecified atom stereocenters. The van der Waals surface area contributed by atoms with Gasteiger partial charge in [-0.25, -0.2) is 13.8 Å². The highest BCUT2D eigenvalue weighted by Gasteiger charge is 2.27. The number of benzene rings is 3. The Hall–Kier alpha value is -3.74. The van der Waals surface area contributed by atoms with Gasteiger partial charge in [0, 0.05) is 17.6 Å². The minimum absolute atomic E-state index is 0.0656. The predicted molar refractivity (Wildman–Crippen MR) is 155 cm³/mol. The van der Waals surface area contributed by atoms with Crippen molar-refractivity contribution >= 4 is 49.7 Å². The van der Waals surface area contributed by atoms with Crippen LogP contribution in [0.4, 0.5) is 5.69 Å². The van der Waals surface area contributed by atoms with Gasteiger partial charge in [0.05, 0.1) is 30.0 Å². The first-order chi connectivity index (χ1) is 19.2. The molecule has 0 radical (unpaired) electrons. The Morgan fingerprint density at radius 2 is 1.68 bits per heavy atom. The van der Waals surface area contributed by atoms with Gasteiger partial charge in [0.1, 0.15) is 12.3 Å². The third-order valence-electron chi connectivity index (χ3n) is 6.02. The molecule has 1 heterocycles. The second-order valence-corrected chi connectivity index (χ2v) is 11.7.